The first-order chi connectivity index (χ1) is 12.6. The Morgan fingerprint density at radius 1 is 1.26 bits per heavy atom. The van der Waals surface area contributed by atoms with Crippen molar-refractivity contribution in [3.8, 4) is 0 Å². The fourth-order valence-electron chi connectivity index (χ4n) is 3.02. The molecule has 0 saturated carbocycles. The first-order valence-electron chi connectivity index (χ1n) is 9.71. The van der Waals surface area contributed by atoms with E-state index in [9.17, 15) is 9.59 Å². The zero-order chi connectivity index (χ0) is 20.2. The largest absolute Gasteiger partial charge is 0.371 e. The minimum Gasteiger partial charge on any atom is -0.371 e. The van der Waals surface area contributed by atoms with Crippen molar-refractivity contribution in [2.45, 2.75) is 53.5 Å². The number of carbonyl (C=O) groups is 2. The Morgan fingerprint density at radius 2 is 1.89 bits per heavy atom. The molecule has 2 N–H and O–H groups in total. The number of alkyl halides is 1. The molecule has 1 heterocycles. The van der Waals surface area contributed by atoms with Crippen LogP contribution >= 0.6 is 11.6 Å². The summed E-state index contributed by atoms with van der Waals surface area (Å²) in [6.07, 6.45) is 2.24. The molecule has 27 heavy (non-hydrogen) atoms. The average molecular weight is 394 g/mol. The van der Waals surface area contributed by atoms with E-state index in [1.54, 1.807) is 19.9 Å². The van der Waals surface area contributed by atoms with Crippen molar-refractivity contribution >= 4 is 34.8 Å². The number of halogens is 1. The molecule has 1 fully saturated rings. The molecular weight excluding hydrogens is 362 g/mol. The molecule has 150 valence electrons. The third-order valence-corrected chi connectivity index (χ3v) is 5.66. The van der Waals surface area contributed by atoms with Gasteiger partial charge in [-0.1, -0.05) is 6.92 Å². The van der Waals surface area contributed by atoms with Crippen LogP contribution in [0.1, 0.15) is 57.8 Å². The third-order valence-electron chi connectivity index (χ3n) is 4.99. The summed E-state index contributed by atoms with van der Waals surface area (Å²) in [5.41, 5.74) is 1.46. The number of benzene rings is 1. The Bertz CT molecular complexity index is 680. The molecule has 2 amide bonds. The fraction of sp³-hybridized carbons (Fsp3) is 0.619. The van der Waals surface area contributed by atoms with Gasteiger partial charge in [-0.05, 0) is 64.7 Å². The van der Waals surface area contributed by atoms with Gasteiger partial charge in [-0.3, -0.25) is 9.59 Å². The number of nitrogens with zero attached hydrogens (tertiary/aromatic N) is 1. The Morgan fingerprint density at radius 3 is 2.44 bits per heavy atom. The molecule has 1 aromatic carbocycles. The van der Waals surface area contributed by atoms with Gasteiger partial charge >= 0.3 is 0 Å². The van der Waals surface area contributed by atoms with Gasteiger partial charge in [0, 0.05) is 36.4 Å². The fourth-order valence-corrected chi connectivity index (χ4v) is 3.14. The summed E-state index contributed by atoms with van der Waals surface area (Å²) < 4.78 is 0. The first-order valence-corrected chi connectivity index (χ1v) is 10.2. The van der Waals surface area contributed by atoms with Crippen LogP contribution in [0.3, 0.4) is 0 Å². The Balaban J connectivity index is 2.31. The monoisotopic (exact) mass is 393 g/mol. The highest BCUT2D eigenvalue weighted by atomic mass is 35.5. The second-order valence-corrected chi connectivity index (χ2v) is 8.77. The molecule has 1 saturated heterocycles. The maximum Gasteiger partial charge on any atom is 0.253 e. The maximum atomic E-state index is 12.8. The molecule has 5 nitrogen and oxygen atoms in total. The number of anilines is 2. The van der Waals surface area contributed by atoms with Crippen LogP contribution in [0.25, 0.3) is 0 Å². The minimum atomic E-state index is -0.677. The van der Waals surface area contributed by atoms with E-state index in [-0.39, 0.29) is 23.7 Å². The van der Waals surface area contributed by atoms with E-state index in [1.807, 2.05) is 26.0 Å². The van der Waals surface area contributed by atoms with Gasteiger partial charge in [0.25, 0.3) is 5.91 Å². The number of nitrogens with one attached hydrogen (secondary N) is 2. The Hall–Kier alpha value is -1.75. The quantitative estimate of drug-likeness (QED) is 0.709. The van der Waals surface area contributed by atoms with Gasteiger partial charge in [-0.25, -0.2) is 0 Å². The molecule has 2 rings (SSSR count). The van der Waals surface area contributed by atoms with E-state index < -0.39 is 5.41 Å². The summed E-state index contributed by atoms with van der Waals surface area (Å²) in [5, 5.41) is 5.87. The van der Waals surface area contributed by atoms with Gasteiger partial charge in [-0.15, -0.1) is 11.6 Å². The predicted molar refractivity (Wildman–Crippen MR) is 113 cm³/mol. The summed E-state index contributed by atoms with van der Waals surface area (Å²) in [7, 11) is 0. The van der Waals surface area contributed by atoms with E-state index in [0.717, 1.165) is 31.6 Å². The smallest absolute Gasteiger partial charge is 0.253 e. The van der Waals surface area contributed by atoms with Crippen molar-refractivity contribution in [2.24, 2.45) is 11.3 Å². The van der Waals surface area contributed by atoms with Crippen LogP contribution < -0.4 is 15.5 Å². The molecule has 1 aromatic rings. The standard InChI is InChI=1S/C21H32ClN3O2/c1-14(2)23-19(26)17-12-16(24-20(27)21(4,5)13-22)6-7-18(17)25-10-8-15(3)9-11-25/h6-7,12,14-15H,8-11,13H2,1-5H3,(H,23,26)(H,24,27). The SMILES string of the molecule is CC1CCN(c2ccc(NC(=O)C(C)(C)CCl)cc2C(=O)NC(C)C)CC1. The first kappa shape index (κ1) is 21.5. The molecule has 0 bridgehead atoms. The number of rotatable bonds is 6. The minimum absolute atomic E-state index is 0.0418. The highest BCUT2D eigenvalue weighted by Gasteiger charge is 2.27. The lowest BCUT2D eigenvalue weighted by atomic mass is 9.95. The highest BCUT2D eigenvalue weighted by molar-refractivity contribution is 6.20. The normalized spacial score (nSPS) is 15.7. The summed E-state index contributed by atoms with van der Waals surface area (Å²) in [4.78, 5) is 27.5. The van der Waals surface area contributed by atoms with E-state index in [0.29, 0.717) is 17.2 Å². The summed E-state index contributed by atoms with van der Waals surface area (Å²) in [6, 6.07) is 5.61. The molecule has 0 aliphatic carbocycles. The number of piperidine rings is 1. The van der Waals surface area contributed by atoms with Crippen molar-refractivity contribution in [2.75, 3.05) is 29.2 Å². The van der Waals surface area contributed by atoms with Crippen molar-refractivity contribution in [1.82, 2.24) is 5.32 Å². The van der Waals surface area contributed by atoms with Crippen molar-refractivity contribution in [3.05, 3.63) is 23.8 Å². The van der Waals surface area contributed by atoms with Crippen LogP contribution in [0, 0.1) is 11.3 Å². The van der Waals surface area contributed by atoms with Gasteiger partial charge < -0.3 is 15.5 Å². The van der Waals surface area contributed by atoms with Crippen LogP contribution in [-0.4, -0.2) is 36.8 Å². The molecular formula is C21H32ClN3O2. The summed E-state index contributed by atoms with van der Waals surface area (Å²) in [6.45, 7) is 11.6. The summed E-state index contributed by atoms with van der Waals surface area (Å²) >= 11 is 5.90. The molecule has 0 aromatic heterocycles. The van der Waals surface area contributed by atoms with Crippen molar-refractivity contribution < 1.29 is 9.59 Å². The van der Waals surface area contributed by atoms with Crippen LogP contribution in [-0.2, 0) is 4.79 Å². The zero-order valence-electron chi connectivity index (χ0n) is 17.1. The lowest BCUT2D eigenvalue weighted by molar-refractivity contribution is -0.122. The Labute approximate surface area is 167 Å². The van der Waals surface area contributed by atoms with Gasteiger partial charge in [0.2, 0.25) is 5.91 Å². The number of carbonyl (C=O) groups excluding carboxylic acids is 2. The van der Waals surface area contributed by atoms with Crippen LogP contribution in [0.5, 0.6) is 0 Å². The van der Waals surface area contributed by atoms with Crippen LogP contribution in [0.4, 0.5) is 11.4 Å². The molecule has 6 heteroatoms. The highest BCUT2D eigenvalue weighted by Crippen LogP contribution is 2.29. The van der Waals surface area contributed by atoms with E-state index in [4.69, 9.17) is 11.6 Å². The lowest BCUT2D eigenvalue weighted by Gasteiger charge is -2.33. The second-order valence-electron chi connectivity index (χ2n) is 8.50. The number of amides is 2. The Kier molecular flexibility index (Phi) is 7.15. The van der Waals surface area contributed by atoms with Gasteiger partial charge in [-0.2, -0.15) is 0 Å². The van der Waals surface area contributed by atoms with Crippen molar-refractivity contribution in [3.63, 3.8) is 0 Å². The molecule has 0 spiro atoms. The van der Waals surface area contributed by atoms with E-state index in [1.165, 1.54) is 0 Å². The second kappa shape index (κ2) is 8.96. The summed E-state index contributed by atoms with van der Waals surface area (Å²) in [5.74, 6) is 0.660. The van der Waals surface area contributed by atoms with Gasteiger partial charge in [0.1, 0.15) is 0 Å². The number of hydrogen-bond acceptors (Lipinski definition) is 3. The molecule has 0 atom stereocenters. The zero-order valence-corrected chi connectivity index (χ0v) is 17.8. The molecule has 1 aliphatic rings. The van der Waals surface area contributed by atoms with Gasteiger partial charge in [0.15, 0.2) is 0 Å². The average Bonchev–Trinajstić information content (AvgIpc) is 2.61. The van der Waals surface area contributed by atoms with Crippen LogP contribution in [0.15, 0.2) is 18.2 Å². The third kappa shape index (κ3) is 5.61. The van der Waals surface area contributed by atoms with E-state index in [2.05, 4.69) is 22.5 Å². The number of hydrogen-bond donors (Lipinski definition) is 2. The molecule has 0 radical (unpaired) electrons. The van der Waals surface area contributed by atoms with Crippen LogP contribution in [0.2, 0.25) is 0 Å². The van der Waals surface area contributed by atoms with Gasteiger partial charge in [0.05, 0.1) is 11.0 Å². The lowest BCUT2D eigenvalue weighted by Crippen LogP contribution is -2.36. The molecule has 1 aliphatic heterocycles. The van der Waals surface area contributed by atoms with Crippen molar-refractivity contribution in [1.29, 1.82) is 0 Å². The van der Waals surface area contributed by atoms with E-state index >= 15 is 0 Å². The maximum absolute atomic E-state index is 12.8. The topological polar surface area (TPSA) is 61.4 Å². The molecule has 0 unspecified atom stereocenters. The predicted octanol–water partition coefficient (Wildman–Crippen LogP) is 4.26.